The van der Waals surface area contributed by atoms with E-state index in [1.165, 1.54) is 5.69 Å². The second-order valence-corrected chi connectivity index (χ2v) is 5.16. The van der Waals surface area contributed by atoms with Crippen LogP contribution in [0.3, 0.4) is 0 Å². The number of ether oxygens (including phenoxy) is 2. The van der Waals surface area contributed by atoms with E-state index in [1.54, 1.807) is 6.07 Å². The van der Waals surface area contributed by atoms with Gasteiger partial charge >= 0.3 is 0 Å². The lowest BCUT2D eigenvalue weighted by atomic mass is 10.0. The third-order valence-electron chi connectivity index (χ3n) is 3.97. The van der Waals surface area contributed by atoms with Gasteiger partial charge in [-0.1, -0.05) is 0 Å². The van der Waals surface area contributed by atoms with Crippen LogP contribution in [0.15, 0.2) is 23.4 Å². The highest BCUT2D eigenvalue weighted by molar-refractivity contribution is 5.59. The molecule has 2 aliphatic heterocycles. The number of hydrogen-bond acceptors (Lipinski definition) is 5. The monoisotopic (exact) mass is 262 g/mol. The van der Waals surface area contributed by atoms with Crippen LogP contribution in [0.1, 0.15) is 18.4 Å². The van der Waals surface area contributed by atoms with E-state index in [1.807, 2.05) is 19.1 Å². The summed E-state index contributed by atoms with van der Waals surface area (Å²) in [6.45, 7) is 5.25. The van der Waals surface area contributed by atoms with Crippen LogP contribution in [-0.4, -0.2) is 32.1 Å². The fraction of sp³-hybridized carbons (Fsp3) is 0.571. The Balaban J connectivity index is 1.72. The van der Waals surface area contributed by atoms with E-state index < -0.39 is 0 Å². The number of hydrogen-bond donors (Lipinski definition) is 0. The Morgan fingerprint density at radius 3 is 2.47 bits per heavy atom. The van der Waals surface area contributed by atoms with Crippen molar-refractivity contribution in [1.29, 1.82) is 0 Å². The van der Waals surface area contributed by atoms with Crippen molar-refractivity contribution in [3.05, 3.63) is 28.7 Å². The third kappa shape index (κ3) is 2.35. The molecule has 0 unspecified atom stereocenters. The van der Waals surface area contributed by atoms with Crippen molar-refractivity contribution < 1.29 is 9.47 Å². The fourth-order valence-corrected chi connectivity index (χ4v) is 2.93. The smallest absolute Gasteiger partial charge is 0.171 e. The van der Waals surface area contributed by atoms with E-state index in [0.717, 1.165) is 31.5 Å². The molecule has 0 atom stereocenters. The van der Waals surface area contributed by atoms with Crippen LogP contribution >= 0.6 is 0 Å². The summed E-state index contributed by atoms with van der Waals surface area (Å²) in [4.78, 5) is 12.8. The molecule has 1 spiro atoms. The molecule has 0 radical (unpaired) electrons. The average Bonchev–Trinajstić information content (AvgIpc) is 2.88. The molecular weight excluding hydrogens is 244 g/mol. The minimum Gasteiger partial charge on any atom is -0.371 e. The largest absolute Gasteiger partial charge is 0.371 e. The first-order chi connectivity index (χ1) is 9.22. The maximum absolute atomic E-state index is 10.5. The number of anilines is 1. The summed E-state index contributed by atoms with van der Waals surface area (Å²) in [6.07, 6.45) is 1.78. The molecular formula is C14H18N2O3. The van der Waals surface area contributed by atoms with Gasteiger partial charge in [-0.3, -0.25) is 0 Å². The molecule has 19 heavy (non-hydrogen) atoms. The Morgan fingerprint density at radius 1 is 1.21 bits per heavy atom. The Bertz CT molecular complexity index is 474. The minimum absolute atomic E-state index is 0.339. The van der Waals surface area contributed by atoms with Gasteiger partial charge < -0.3 is 14.4 Å². The van der Waals surface area contributed by atoms with Crippen molar-refractivity contribution in [1.82, 2.24) is 0 Å². The van der Waals surface area contributed by atoms with Gasteiger partial charge in [0.05, 0.1) is 13.2 Å². The maximum atomic E-state index is 10.5. The highest BCUT2D eigenvalue weighted by atomic mass is 16.7. The predicted molar refractivity (Wildman–Crippen MR) is 72.7 cm³/mol. The van der Waals surface area contributed by atoms with Crippen molar-refractivity contribution in [2.75, 3.05) is 31.2 Å². The minimum atomic E-state index is -0.339. The highest BCUT2D eigenvalue weighted by Crippen LogP contribution is 2.34. The molecule has 102 valence electrons. The number of aryl methyl sites for hydroxylation is 1. The lowest BCUT2D eigenvalue weighted by molar-refractivity contribution is -0.169. The molecule has 0 aliphatic carbocycles. The second kappa shape index (κ2) is 4.90. The summed E-state index contributed by atoms with van der Waals surface area (Å²) in [5.74, 6) is -0.339. The van der Waals surface area contributed by atoms with Gasteiger partial charge in [0.1, 0.15) is 5.69 Å². The van der Waals surface area contributed by atoms with E-state index in [0.29, 0.717) is 18.9 Å². The highest BCUT2D eigenvalue weighted by Gasteiger charge is 2.39. The van der Waals surface area contributed by atoms with Crippen LogP contribution in [0.25, 0.3) is 0 Å². The van der Waals surface area contributed by atoms with Gasteiger partial charge in [-0.25, -0.2) is 0 Å². The molecule has 1 aromatic carbocycles. The first-order valence-corrected chi connectivity index (χ1v) is 6.69. The molecule has 0 N–H and O–H groups in total. The van der Waals surface area contributed by atoms with Gasteiger partial charge in [-0.2, -0.15) is 0 Å². The molecule has 5 heteroatoms. The summed E-state index contributed by atoms with van der Waals surface area (Å²) in [6, 6.07) is 5.57. The van der Waals surface area contributed by atoms with E-state index in [4.69, 9.17) is 9.47 Å². The SMILES string of the molecule is Cc1cc(N=O)ccc1N1CCC2(CC1)OCCO2. The molecule has 0 amide bonds. The van der Waals surface area contributed by atoms with Gasteiger partial charge in [-0.05, 0) is 35.9 Å². The van der Waals surface area contributed by atoms with E-state index >= 15 is 0 Å². The molecule has 2 saturated heterocycles. The quantitative estimate of drug-likeness (QED) is 0.769. The fourth-order valence-electron chi connectivity index (χ4n) is 2.93. The maximum Gasteiger partial charge on any atom is 0.171 e. The van der Waals surface area contributed by atoms with Crippen molar-refractivity contribution in [2.24, 2.45) is 5.18 Å². The zero-order chi connectivity index (χ0) is 13.3. The molecule has 1 aromatic rings. The molecule has 0 aromatic heterocycles. The Hall–Kier alpha value is -1.46. The number of nitroso groups, excluding NO2 is 1. The second-order valence-electron chi connectivity index (χ2n) is 5.16. The normalized spacial score (nSPS) is 21.8. The van der Waals surface area contributed by atoms with Crippen LogP contribution < -0.4 is 4.90 Å². The van der Waals surface area contributed by atoms with E-state index in [9.17, 15) is 4.91 Å². The topological polar surface area (TPSA) is 51.1 Å². The number of rotatable bonds is 2. The molecule has 5 nitrogen and oxygen atoms in total. The standard InChI is InChI=1S/C14H18N2O3/c1-11-10-12(15-17)2-3-13(11)16-6-4-14(5-7-16)18-8-9-19-14/h2-3,10H,4-9H2,1H3. The lowest BCUT2D eigenvalue weighted by Gasteiger charge is -2.39. The number of benzene rings is 1. The summed E-state index contributed by atoms with van der Waals surface area (Å²) < 4.78 is 11.5. The van der Waals surface area contributed by atoms with Gasteiger partial charge in [0.15, 0.2) is 5.79 Å². The molecule has 2 fully saturated rings. The lowest BCUT2D eigenvalue weighted by Crippen LogP contribution is -2.45. The van der Waals surface area contributed by atoms with Crippen LogP contribution in [0.5, 0.6) is 0 Å². The zero-order valence-corrected chi connectivity index (χ0v) is 11.1. The summed E-state index contributed by atoms with van der Waals surface area (Å²) in [5, 5.41) is 2.97. The molecule has 0 saturated carbocycles. The Morgan fingerprint density at radius 2 is 1.89 bits per heavy atom. The van der Waals surface area contributed by atoms with Crippen LogP contribution in [0.2, 0.25) is 0 Å². The van der Waals surface area contributed by atoms with Crippen molar-refractivity contribution in [3.63, 3.8) is 0 Å². The molecule has 0 bridgehead atoms. The van der Waals surface area contributed by atoms with Crippen molar-refractivity contribution in [2.45, 2.75) is 25.6 Å². The van der Waals surface area contributed by atoms with Crippen LogP contribution in [0.4, 0.5) is 11.4 Å². The van der Waals surface area contributed by atoms with Crippen molar-refractivity contribution in [3.8, 4) is 0 Å². The zero-order valence-electron chi connectivity index (χ0n) is 11.1. The van der Waals surface area contributed by atoms with Crippen LogP contribution in [-0.2, 0) is 9.47 Å². The van der Waals surface area contributed by atoms with Gasteiger partial charge in [0.25, 0.3) is 0 Å². The Kier molecular flexibility index (Phi) is 3.24. The van der Waals surface area contributed by atoms with Crippen molar-refractivity contribution >= 4 is 11.4 Å². The van der Waals surface area contributed by atoms with Crippen LogP contribution in [0, 0.1) is 11.8 Å². The summed E-state index contributed by atoms with van der Waals surface area (Å²) in [5.41, 5.74) is 2.73. The van der Waals surface area contributed by atoms with Gasteiger partial charge in [-0.15, -0.1) is 4.91 Å². The summed E-state index contributed by atoms with van der Waals surface area (Å²) in [7, 11) is 0. The Labute approximate surface area is 112 Å². The number of piperidine rings is 1. The van der Waals surface area contributed by atoms with Gasteiger partial charge in [0.2, 0.25) is 0 Å². The summed E-state index contributed by atoms with van der Waals surface area (Å²) >= 11 is 0. The van der Waals surface area contributed by atoms with E-state index in [-0.39, 0.29) is 5.79 Å². The molecule has 3 rings (SSSR count). The number of nitrogens with zero attached hydrogens (tertiary/aromatic N) is 2. The first-order valence-electron chi connectivity index (χ1n) is 6.69. The molecule has 2 aliphatic rings. The predicted octanol–water partition coefficient (Wildman–Crippen LogP) is 2.74. The van der Waals surface area contributed by atoms with Gasteiger partial charge in [0, 0.05) is 31.6 Å². The first kappa shape index (κ1) is 12.6. The third-order valence-corrected chi connectivity index (χ3v) is 3.97. The average molecular weight is 262 g/mol. The molecule has 2 heterocycles. The van der Waals surface area contributed by atoms with E-state index in [2.05, 4.69) is 10.1 Å².